The lowest BCUT2D eigenvalue weighted by Gasteiger charge is -2.07. The van der Waals surface area contributed by atoms with Crippen molar-refractivity contribution in [3.63, 3.8) is 0 Å². The Hall–Kier alpha value is -3.18. The molecule has 0 aliphatic rings. The van der Waals surface area contributed by atoms with Gasteiger partial charge in [0, 0.05) is 40.8 Å². The molecule has 0 fully saturated rings. The average Bonchev–Trinajstić information content (AvgIpc) is 2.67. The molecular weight excluding hydrogens is 350 g/mol. The molecule has 0 aliphatic heterocycles. The number of amides is 2. The standard InChI is InChI=1S/C20H16ClN3O2/c21-17-4-1-5-18(11-17)24-20(26)16-8-6-15(7-9-16)19(25)23-13-14-3-2-10-22-12-14/h1-12H,13H2,(H,23,25)(H,24,26). The zero-order chi connectivity index (χ0) is 18.4. The SMILES string of the molecule is O=C(NCc1cccnc1)c1ccc(C(=O)Nc2cccc(Cl)c2)cc1. The minimum Gasteiger partial charge on any atom is -0.348 e. The van der Waals surface area contributed by atoms with E-state index in [9.17, 15) is 9.59 Å². The lowest BCUT2D eigenvalue weighted by molar-refractivity contribution is 0.0949. The van der Waals surface area contributed by atoms with Crippen molar-refractivity contribution in [2.24, 2.45) is 0 Å². The summed E-state index contributed by atoms with van der Waals surface area (Å²) in [5, 5.41) is 6.12. The maximum Gasteiger partial charge on any atom is 0.255 e. The monoisotopic (exact) mass is 365 g/mol. The summed E-state index contributed by atoms with van der Waals surface area (Å²) in [5.74, 6) is -0.481. The third kappa shape index (κ3) is 4.68. The molecule has 0 saturated heterocycles. The molecule has 3 aromatic rings. The Balaban J connectivity index is 1.60. The first-order chi connectivity index (χ1) is 12.6. The van der Waals surface area contributed by atoms with Crippen molar-refractivity contribution < 1.29 is 9.59 Å². The van der Waals surface area contributed by atoms with Gasteiger partial charge in [-0.15, -0.1) is 0 Å². The van der Waals surface area contributed by atoms with E-state index in [2.05, 4.69) is 15.6 Å². The largest absolute Gasteiger partial charge is 0.348 e. The van der Waals surface area contributed by atoms with Crippen molar-refractivity contribution in [1.82, 2.24) is 10.3 Å². The minimum absolute atomic E-state index is 0.212. The summed E-state index contributed by atoms with van der Waals surface area (Å²) >= 11 is 5.90. The number of anilines is 1. The van der Waals surface area contributed by atoms with Crippen LogP contribution in [0.1, 0.15) is 26.3 Å². The first-order valence-electron chi connectivity index (χ1n) is 7.96. The van der Waals surface area contributed by atoms with E-state index in [-0.39, 0.29) is 11.8 Å². The van der Waals surface area contributed by atoms with E-state index in [1.807, 2.05) is 12.1 Å². The number of halogens is 1. The first kappa shape index (κ1) is 17.6. The molecule has 26 heavy (non-hydrogen) atoms. The first-order valence-corrected chi connectivity index (χ1v) is 8.34. The van der Waals surface area contributed by atoms with Crippen LogP contribution in [-0.2, 0) is 6.54 Å². The van der Waals surface area contributed by atoms with Gasteiger partial charge in [-0.05, 0) is 54.1 Å². The summed E-state index contributed by atoms with van der Waals surface area (Å²) in [6.45, 7) is 0.393. The van der Waals surface area contributed by atoms with Gasteiger partial charge in [0.25, 0.3) is 11.8 Å². The summed E-state index contributed by atoms with van der Waals surface area (Å²) in [6.07, 6.45) is 3.38. The molecule has 5 nitrogen and oxygen atoms in total. The van der Waals surface area contributed by atoms with Crippen molar-refractivity contribution in [1.29, 1.82) is 0 Å². The number of carbonyl (C=O) groups is 2. The van der Waals surface area contributed by atoms with Crippen molar-refractivity contribution in [3.05, 3.63) is 94.8 Å². The highest BCUT2D eigenvalue weighted by Gasteiger charge is 2.09. The molecular formula is C20H16ClN3O2. The molecule has 0 atom stereocenters. The summed E-state index contributed by atoms with van der Waals surface area (Å²) in [7, 11) is 0. The van der Waals surface area contributed by atoms with Gasteiger partial charge in [0.15, 0.2) is 0 Å². The molecule has 3 rings (SSSR count). The van der Waals surface area contributed by atoms with Crippen LogP contribution in [0, 0.1) is 0 Å². The Kier molecular flexibility index (Phi) is 5.61. The van der Waals surface area contributed by atoms with E-state index in [0.29, 0.717) is 28.4 Å². The molecule has 6 heteroatoms. The number of carbonyl (C=O) groups excluding carboxylic acids is 2. The molecule has 0 radical (unpaired) electrons. The van der Waals surface area contributed by atoms with Gasteiger partial charge >= 0.3 is 0 Å². The van der Waals surface area contributed by atoms with Crippen molar-refractivity contribution in [2.75, 3.05) is 5.32 Å². The number of hydrogen-bond donors (Lipinski definition) is 2. The lowest BCUT2D eigenvalue weighted by Crippen LogP contribution is -2.23. The third-order valence-electron chi connectivity index (χ3n) is 3.67. The van der Waals surface area contributed by atoms with Gasteiger partial charge in [-0.2, -0.15) is 0 Å². The normalized spacial score (nSPS) is 10.2. The van der Waals surface area contributed by atoms with Crippen LogP contribution in [0.25, 0.3) is 0 Å². The van der Waals surface area contributed by atoms with E-state index >= 15 is 0 Å². The fourth-order valence-electron chi connectivity index (χ4n) is 2.33. The number of aromatic nitrogens is 1. The maximum atomic E-state index is 12.3. The van der Waals surface area contributed by atoms with Crippen LogP contribution in [0.2, 0.25) is 5.02 Å². The van der Waals surface area contributed by atoms with Crippen LogP contribution in [0.3, 0.4) is 0 Å². The quantitative estimate of drug-likeness (QED) is 0.720. The maximum absolute atomic E-state index is 12.3. The molecule has 1 aromatic heterocycles. The van der Waals surface area contributed by atoms with E-state index in [4.69, 9.17) is 11.6 Å². The van der Waals surface area contributed by atoms with Crippen LogP contribution < -0.4 is 10.6 Å². The topological polar surface area (TPSA) is 71.1 Å². The molecule has 2 amide bonds. The molecule has 1 heterocycles. The fraction of sp³-hybridized carbons (Fsp3) is 0.0500. The number of pyridine rings is 1. The van der Waals surface area contributed by atoms with Crippen LogP contribution >= 0.6 is 11.6 Å². The van der Waals surface area contributed by atoms with Gasteiger partial charge in [0.1, 0.15) is 0 Å². The van der Waals surface area contributed by atoms with E-state index in [1.54, 1.807) is 60.9 Å². The fourth-order valence-corrected chi connectivity index (χ4v) is 2.52. The number of benzene rings is 2. The second-order valence-electron chi connectivity index (χ2n) is 5.59. The van der Waals surface area contributed by atoms with Crippen LogP contribution in [-0.4, -0.2) is 16.8 Å². The zero-order valence-electron chi connectivity index (χ0n) is 13.8. The van der Waals surface area contributed by atoms with E-state index in [0.717, 1.165) is 5.56 Å². The predicted molar refractivity (Wildman–Crippen MR) is 101 cm³/mol. The summed E-state index contributed by atoms with van der Waals surface area (Å²) in [6, 6.07) is 17.1. The zero-order valence-corrected chi connectivity index (χ0v) is 14.5. The second-order valence-corrected chi connectivity index (χ2v) is 6.02. The molecule has 130 valence electrons. The molecule has 0 bridgehead atoms. The summed E-state index contributed by atoms with van der Waals surface area (Å²) in [4.78, 5) is 28.4. The number of nitrogens with zero attached hydrogens (tertiary/aromatic N) is 1. The van der Waals surface area contributed by atoms with Gasteiger partial charge in [0.05, 0.1) is 0 Å². The highest BCUT2D eigenvalue weighted by atomic mass is 35.5. The van der Waals surface area contributed by atoms with Gasteiger partial charge in [-0.25, -0.2) is 0 Å². The summed E-state index contributed by atoms with van der Waals surface area (Å²) < 4.78 is 0. The van der Waals surface area contributed by atoms with Crippen LogP contribution in [0.5, 0.6) is 0 Å². The Morgan fingerprint density at radius 2 is 1.65 bits per heavy atom. The second kappa shape index (κ2) is 8.27. The Morgan fingerprint density at radius 1 is 0.923 bits per heavy atom. The van der Waals surface area contributed by atoms with Gasteiger partial charge < -0.3 is 10.6 Å². The van der Waals surface area contributed by atoms with Gasteiger partial charge in [0.2, 0.25) is 0 Å². The lowest BCUT2D eigenvalue weighted by atomic mass is 10.1. The van der Waals surface area contributed by atoms with Crippen molar-refractivity contribution in [3.8, 4) is 0 Å². The Bertz CT molecular complexity index is 912. The smallest absolute Gasteiger partial charge is 0.255 e. The highest BCUT2D eigenvalue weighted by molar-refractivity contribution is 6.31. The van der Waals surface area contributed by atoms with Crippen molar-refractivity contribution in [2.45, 2.75) is 6.54 Å². The van der Waals surface area contributed by atoms with Gasteiger partial charge in [-0.3, -0.25) is 14.6 Å². The molecule has 0 saturated carbocycles. The predicted octanol–water partition coefficient (Wildman–Crippen LogP) is 3.92. The average molecular weight is 366 g/mol. The van der Waals surface area contributed by atoms with E-state index in [1.165, 1.54) is 0 Å². The number of nitrogens with one attached hydrogen (secondary N) is 2. The van der Waals surface area contributed by atoms with Crippen LogP contribution in [0.4, 0.5) is 5.69 Å². The van der Waals surface area contributed by atoms with Crippen LogP contribution in [0.15, 0.2) is 73.1 Å². The number of hydrogen-bond acceptors (Lipinski definition) is 3. The van der Waals surface area contributed by atoms with Gasteiger partial charge in [-0.1, -0.05) is 23.7 Å². The Labute approximate surface area is 156 Å². The molecule has 0 unspecified atom stereocenters. The molecule has 0 spiro atoms. The minimum atomic E-state index is -0.269. The molecule has 0 aliphatic carbocycles. The molecule has 2 aromatic carbocycles. The highest BCUT2D eigenvalue weighted by Crippen LogP contribution is 2.16. The summed E-state index contributed by atoms with van der Waals surface area (Å²) in [5.41, 5.74) is 2.46. The van der Waals surface area contributed by atoms with Crippen molar-refractivity contribution >= 4 is 29.1 Å². The Morgan fingerprint density at radius 3 is 2.31 bits per heavy atom. The van der Waals surface area contributed by atoms with E-state index < -0.39 is 0 Å². The molecule has 2 N–H and O–H groups in total. The third-order valence-corrected chi connectivity index (χ3v) is 3.90. The number of rotatable bonds is 5.